The molecule has 1 atom stereocenters. The second-order valence-electron chi connectivity index (χ2n) is 8.70. The molecule has 0 amide bonds. The van der Waals surface area contributed by atoms with E-state index in [2.05, 4.69) is 9.98 Å². The molecule has 1 aliphatic heterocycles. The molecule has 2 fully saturated rings. The first-order valence-corrected chi connectivity index (χ1v) is 11.5. The number of carbonyl (C=O) groups excluding carboxylic acids is 1. The normalized spacial score (nSPS) is 20.2. The number of benzene rings is 1. The molecule has 1 saturated carbocycles. The van der Waals surface area contributed by atoms with E-state index in [-0.39, 0.29) is 12.0 Å². The van der Waals surface area contributed by atoms with Crippen molar-refractivity contribution in [2.75, 3.05) is 13.1 Å². The van der Waals surface area contributed by atoms with Gasteiger partial charge in [0.2, 0.25) is 0 Å². The number of nitrogens with two attached hydrogens (primary N) is 1. The van der Waals surface area contributed by atoms with Crippen LogP contribution in [0.5, 0.6) is 0 Å². The predicted molar refractivity (Wildman–Crippen MR) is 123 cm³/mol. The van der Waals surface area contributed by atoms with E-state index in [1.807, 2.05) is 53.4 Å². The molecule has 3 N–H and O–H groups in total. The maximum absolute atomic E-state index is 13.3. The molecule has 2 aromatic rings. The molecule has 0 spiro atoms. The average Bonchev–Trinajstić information content (AvgIpc) is 3.39. The molecule has 0 bridgehead atoms. The molecular weight excluding hydrogens is 404 g/mol. The summed E-state index contributed by atoms with van der Waals surface area (Å²) >= 11 is 0. The summed E-state index contributed by atoms with van der Waals surface area (Å²) < 4.78 is 5.87. The van der Waals surface area contributed by atoms with Gasteiger partial charge in [0.15, 0.2) is 11.6 Å². The molecule has 1 aromatic heterocycles. The van der Waals surface area contributed by atoms with Crippen molar-refractivity contribution in [1.29, 1.82) is 0 Å². The van der Waals surface area contributed by atoms with Crippen molar-refractivity contribution in [3.63, 3.8) is 0 Å². The number of likely N-dealkylation sites (tertiary alicyclic amines) is 1. The van der Waals surface area contributed by atoms with Crippen molar-refractivity contribution in [1.82, 2.24) is 9.88 Å². The lowest BCUT2D eigenvalue weighted by atomic mass is 9.80. The Bertz CT molecular complexity index is 907. The second kappa shape index (κ2) is 10.1. The molecule has 4 rings (SSSR count). The minimum absolute atomic E-state index is 0.105. The van der Waals surface area contributed by atoms with Gasteiger partial charge >= 0.3 is 5.97 Å². The Balaban J connectivity index is 1.36. The molecule has 170 valence electrons. The molecule has 32 heavy (non-hydrogen) atoms. The Morgan fingerprint density at radius 3 is 2.44 bits per heavy atom. The first-order valence-electron chi connectivity index (χ1n) is 11.5. The van der Waals surface area contributed by atoms with E-state index < -0.39 is 11.6 Å². The van der Waals surface area contributed by atoms with Crippen LogP contribution in [0, 0.1) is 5.92 Å². The summed E-state index contributed by atoms with van der Waals surface area (Å²) in [5.41, 5.74) is 6.08. The molecule has 7 nitrogen and oxygen atoms in total. The Morgan fingerprint density at radius 1 is 1.09 bits per heavy atom. The maximum Gasteiger partial charge on any atom is 0.343 e. The summed E-state index contributed by atoms with van der Waals surface area (Å²) in [7, 11) is 0. The standard InChI is InChI=1S/C25H32N4O3/c26-24(28-18-21-12-6-7-15-27-21)29-16-13-22(14-17-29)32-23(30)25(31,20-10-4-5-11-20)19-8-2-1-3-9-19/h1-3,6-9,12,15,20,22,31H,4-5,10-11,13-14,16-18H2,(H2,26,28)/t25-/m0/s1. The molecule has 2 heterocycles. The van der Waals surface area contributed by atoms with E-state index in [0.29, 0.717) is 44.0 Å². The largest absolute Gasteiger partial charge is 0.460 e. The van der Waals surface area contributed by atoms with Gasteiger partial charge in [0.1, 0.15) is 6.10 Å². The van der Waals surface area contributed by atoms with E-state index in [1.54, 1.807) is 6.20 Å². The number of pyridine rings is 1. The number of carbonyl (C=O) groups is 1. The van der Waals surface area contributed by atoms with Crippen molar-refractivity contribution in [2.45, 2.75) is 56.8 Å². The highest BCUT2D eigenvalue weighted by molar-refractivity contribution is 5.82. The molecule has 7 heteroatoms. The van der Waals surface area contributed by atoms with E-state index in [9.17, 15) is 9.90 Å². The van der Waals surface area contributed by atoms with Gasteiger partial charge in [0.05, 0.1) is 12.2 Å². The monoisotopic (exact) mass is 436 g/mol. The van der Waals surface area contributed by atoms with Crippen LogP contribution < -0.4 is 5.73 Å². The number of rotatable bonds is 6. The van der Waals surface area contributed by atoms with Crippen molar-refractivity contribution < 1.29 is 14.6 Å². The SMILES string of the molecule is NC(=NCc1ccccn1)N1CCC(OC(=O)[C@](O)(c2ccccc2)C2CCCC2)CC1. The van der Waals surface area contributed by atoms with Crippen LogP contribution in [0.15, 0.2) is 59.7 Å². The molecule has 0 unspecified atom stereocenters. The van der Waals surface area contributed by atoms with Crippen LogP contribution in [0.2, 0.25) is 0 Å². The van der Waals surface area contributed by atoms with Gasteiger partial charge < -0.3 is 20.5 Å². The zero-order chi connectivity index (χ0) is 22.4. The number of piperidine rings is 1. The van der Waals surface area contributed by atoms with Gasteiger partial charge in [-0.1, -0.05) is 49.2 Å². The Morgan fingerprint density at radius 2 is 1.78 bits per heavy atom. The third-order valence-corrected chi connectivity index (χ3v) is 6.64. The highest BCUT2D eigenvalue weighted by Gasteiger charge is 2.48. The second-order valence-corrected chi connectivity index (χ2v) is 8.70. The van der Waals surface area contributed by atoms with Gasteiger partial charge in [-0.15, -0.1) is 0 Å². The smallest absolute Gasteiger partial charge is 0.343 e. The zero-order valence-corrected chi connectivity index (χ0v) is 18.4. The summed E-state index contributed by atoms with van der Waals surface area (Å²) in [4.78, 5) is 24.0. The van der Waals surface area contributed by atoms with Crippen molar-refractivity contribution in [3.8, 4) is 0 Å². The summed E-state index contributed by atoms with van der Waals surface area (Å²) in [6.07, 6.45) is 6.54. The fourth-order valence-corrected chi connectivity index (χ4v) is 4.75. The molecule has 1 saturated heterocycles. The van der Waals surface area contributed by atoms with Crippen LogP contribution in [0.25, 0.3) is 0 Å². The highest BCUT2D eigenvalue weighted by atomic mass is 16.6. The number of aliphatic imine (C=N–C) groups is 1. The zero-order valence-electron chi connectivity index (χ0n) is 18.4. The van der Waals surface area contributed by atoms with Crippen LogP contribution in [0.4, 0.5) is 0 Å². The number of guanidine groups is 1. The molecule has 0 radical (unpaired) electrons. The first kappa shape index (κ1) is 22.3. The van der Waals surface area contributed by atoms with Gasteiger partial charge in [0.25, 0.3) is 0 Å². The molecule has 1 aliphatic carbocycles. The molecular formula is C25H32N4O3. The fraction of sp³-hybridized carbons (Fsp3) is 0.480. The van der Waals surface area contributed by atoms with Crippen molar-refractivity contribution in [2.24, 2.45) is 16.6 Å². The molecule has 1 aromatic carbocycles. The van der Waals surface area contributed by atoms with Crippen LogP contribution in [0.1, 0.15) is 49.8 Å². The predicted octanol–water partition coefficient (Wildman–Crippen LogP) is 2.98. The van der Waals surface area contributed by atoms with Gasteiger partial charge in [-0.25, -0.2) is 9.79 Å². The number of aromatic nitrogens is 1. The van der Waals surface area contributed by atoms with E-state index in [1.165, 1.54) is 0 Å². The maximum atomic E-state index is 13.3. The van der Waals surface area contributed by atoms with E-state index in [0.717, 1.165) is 31.4 Å². The van der Waals surface area contributed by atoms with Crippen molar-refractivity contribution >= 4 is 11.9 Å². The first-order chi connectivity index (χ1) is 15.6. The van der Waals surface area contributed by atoms with Crippen LogP contribution in [0.3, 0.4) is 0 Å². The quantitative estimate of drug-likeness (QED) is 0.410. The highest BCUT2D eigenvalue weighted by Crippen LogP contribution is 2.42. The van der Waals surface area contributed by atoms with Gasteiger partial charge in [-0.2, -0.15) is 0 Å². The number of esters is 1. The number of ether oxygens (including phenoxy) is 1. The molecule has 2 aliphatic rings. The van der Waals surface area contributed by atoms with Crippen LogP contribution in [-0.4, -0.2) is 46.1 Å². The van der Waals surface area contributed by atoms with Gasteiger partial charge in [-0.05, 0) is 30.5 Å². The number of hydrogen-bond donors (Lipinski definition) is 2. The summed E-state index contributed by atoms with van der Waals surface area (Å²) in [5, 5.41) is 11.6. The lowest BCUT2D eigenvalue weighted by molar-refractivity contribution is -0.181. The topological polar surface area (TPSA) is 101 Å². The van der Waals surface area contributed by atoms with Crippen LogP contribution >= 0.6 is 0 Å². The third-order valence-electron chi connectivity index (χ3n) is 6.64. The minimum atomic E-state index is -1.59. The lowest BCUT2D eigenvalue weighted by Crippen LogP contribution is -2.48. The summed E-state index contributed by atoms with van der Waals surface area (Å²) in [5.74, 6) is -0.148. The Hall–Kier alpha value is -2.93. The van der Waals surface area contributed by atoms with Gasteiger partial charge in [-0.3, -0.25) is 4.98 Å². The average molecular weight is 437 g/mol. The fourth-order valence-electron chi connectivity index (χ4n) is 4.75. The Kier molecular flexibility index (Phi) is 7.05. The number of nitrogens with zero attached hydrogens (tertiary/aromatic N) is 3. The third kappa shape index (κ3) is 4.93. The van der Waals surface area contributed by atoms with E-state index >= 15 is 0 Å². The number of aliphatic hydroxyl groups is 1. The Labute approximate surface area is 189 Å². The lowest BCUT2D eigenvalue weighted by Gasteiger charge is -2.36. The summed E-state index contributed by atoms with van der Waals surface area (Å²) in [6.45, 7) is 1.75. The van der Waals surface area contributed by atoms with Crippen LogP contribution in [-0.2, 0) is 21.7 Å². The van der Waals surface area contributed by atoms with E-state index in [4.69, 9.17) is 10.5 Å². The van der Waals surface area contributed by atoms with Gasteiger partial charge in [0, 0.05) is 38.0 Å². The van der Waals surface area contributed by atoms with Crippen molar-refractivity contribution in [3.05, 3.63) is 66.0 Å². The minimum Gasteiger partial charge on any atom is -0.460 e. The summed E-state index contributed by atoms with van der Waals surface area (Å²) in [6, 6.07) is 15.0. The number of hydrogen-bond acceptors (Lipinski definition) is 5.